The van der Waals surface area contributed by atoms with E-state index in [-0.39, 0.29) is 23.8 Å². The summed E-state index contributed by atoms with van der Waals surface area (Å²) in [5.74, 6) is -2.81. The van der Waals surface area contributed by atoms with Gasteiger partial charge in [0.15, 0.2) is 9.84 Å². The van der Waals surface area contributed by atoms with Crippen molar-refractivity contribution in [3.8, 4) is 11.1 Å². The van der Waals surface area contributed by atoms with E-state index in [4.69, 9.17) is 11.6 Å². The van der Waals surface area contributed by atoms with Gasteiger partial charge in [-0.3, -0.25) is 9.59 Å². The van der Waals surface area contributed by atoms with Gasteiger partial charge in [0.25, 0.3) is 0 Å². The Kier molecular flexibility index (Phi) is 7.88. The number of hydrogen-bond acceptors (Lipinski definition) is 7. The molecule has 2 amide bonds. The number of sulfonamides is 1. The highest BCUT2D eigenvalue weighted by Gasteiger charge is 2.44. The zero-order chi connectivity index (χ0) is 27.7. The van der Waals surface area contributed by atoms with Crippen molar-refractivity contribution >= 4 is 54.8 Å². The smallest absolute Gasteiger partial charge is 0.230 e. The zero-order valence-electron chi connectivity index (χ0n) is 20.5. The Hall–Kier alpha value is -3.32. The third-order valence-electron chi connectivity index (χ3n) is 6.15. The van der Waals surface area contributed by atoms with Gasteiger partial charge >= 0.3 is 0 Å². The molecule has 0 bridgehead atoms. The molecule has 1 fully saturated rings. The molecule has 0 saturated carbocycles. The van der Waals surface area contributed by atoms with Crippen LogP contribution in [0.25, 0.3) is 11.1 Å². The summed E-state index contributed by atoms with van der Waals surface area (Å²) in [7, 11) is -7.12. The Labute approximate surface area is 226 Å². The lowest BCUT2D eigenvalue weighted by Crippen LogP contribution is -2.35. The average Bonchev–Trinajstić information content (AvgIpc) is 3.32. The van der Waals surface area contributed by atoms with E-state index in [1.165, 1.54) is 18.3 Å². The number of hydrogen-bond donors (Lipinski definition) is 2. The van der Waals surface area contributed by atoms with Gasteiger partial charge in [-0.25, -0.2) is 26.1 Å². The average molecular weight is 577 g/mol. The summed E-state index contributed by atoms with van der Waals surface area (Å²) in [5, 5.41) is 5.85. The molecule has 2 N–H and O–H groups in total. The van der Waals surface area contributed by atoms with Gasteiger partial charge < -0.3 is 10.6 Å². The summed E-state index contributed by atoms with van der Waals surface area (Å²) in [6.45, 7) is -0.311. The molecule has 3 aromatic rings. The number of carbonyl (C=O) groups excluding carboxylic acids is 2. The summed E-state index contributed by atoms with van der Waals surface area (Å²) < 4.78 is 49.7. The molecule has 38 heavy (non-hydrogen) atoms. The third kappa shape index (κ3) is 6.38. The number of amides is 2. The normalized spacial score (nSPS) is 18.2. The van der Waals surface area contributed by atoms with Crippen molar-refractivity contribution in [2.45, 2.75) is 4.90 Å². The van der Waals surface area contributed by atoms with Crippen LogP contribution in [0, 0.1) is 11.8 Å². The van der Waals surface area contributed by atoms with Crippen LogP contribution in [0.1, 0.15) is 0 Å². The van der Waals surface area contributed by atoms with E-state index < -0.39 is 43.5 Å². The van der Waals surface area contributed by atoms with Gasteiger partial charge in [-0.15, -0.1) is 0 Å². The van der Waals surface area contributed by atoms with E-state index >= 15 is 0 Å². The number of nitrogens with zero attached hydrogens (tertiary/aromatic N) is 2. The van der Waals surface area contributed by atoms with Crippen LogP contribution in [0.15, 0.2) is 71.8 Å². The number of pyridine rings is 1. The first-order chi connectivity index (χ1) is 17.8. The van der Waals surface area contributed by atoms with Crippen molar-refractivity contribution in [2.75, 3.05) is 36.2 Å². The molecule has 13 heteroatoms. The molecule has 10 nitrogen and oxygen atoms in total. The van der Waals surface area contributed by atoms with Gasteiger partial charge in [0.05, 0.1) is 23.0 Å². The quantitative estimate of drug-likeness (QED) is 0.440. The Morgan fingerprint density at radius 3 is 2.03 bits per heavy atom. The largest absolute Gasteiger partial charge is 0.326 e. The third-order valence-corrected chi connectivity index (χ3v) is 8.80. The Balaban J connectivity index is 1.53. The van der Waals surface area contributed by atoms with E-state index in [1.54, 1.807) is 48.5 Å². The van der Waals surface area contributed by atoms with Crippen LogP contribution in [0.2, 0.25) is 5.02 Å². The predicted molar refractivity (Wildman–Crippen MR) is 145 cm³/mol. The number of benzene rings is 2. The minimum absolute atomic E-state index is 0.148. The SMILES string of the molecule is CS(=O)(=O)c1ccccc1-c1ccc(NC(=O)[C@H]2CN(S(C)(=O)=O)C[C@@H]2C(=O)Nc2ccc(Cl)cc2)nc1. The fourth-order valence-corrected chi connectivity index (χ4v) is 6.11. The molecule has 0 aliphatic carbocycles. The van der Waals surface area contributed by atoms with Gasteiger partial charge in [-0.05, 0) is 42.5 Å². The van der Waals surface area contributed by atoms with Crippen LogP contribution >= 0.6 is 11.6 Å². The van der Waals surface area contributed by atoms with Crippen molar-refractivity contribution in [1.82, 2.24) is 9.29 Å². The predicted octanol–water partition coefficient (Wildman–Crippen LogP) is 2.89. The minimum atomic E-state index is -3.65. The number of rotatable bonds is 7. The lowest BCUT2D eigenvalue weighted by molar-refractivity contribution is -0.127. The van der Waals surface area contributed by atoms with Gasteiger partial charge in [0, 0.05) is 47.4 Å². The zero-order valence-corrected chi connectivity index (χ0v) is 22.8. The van der Waals surface area contributed by atoms with Gasteiger partial charge in [-0.2, -0.15) is 0 Å². The number of nitrogens with one attached hydrogen (secondary N) is 2. The maximum absolute atomic E-state index is 13.2. The summed E-state index contributed by atoms with van der Waals surface area (Å²) in [5.41, 5.74) is 1.47. The highest BCUT2D eigenvalue weighted by Crippen LogP contribution is 2.30. The summed E-state index contributed by atoms with van der Waals surface area (Å²) >= 11 is 5.89. The van der Waals surface area contributed by atoms with Crippen LogP contribution in [0.5, 0.6) is 0 Å². The Morgan fingerprint density at radius 1 is 0.868 bits per heavy atom. The van der Waals surface area contributed by atoms with Gasteiger partial charge in [-0.1, -0.05) is 29.8 Å². The van der Waals surface area contributed by atoms with Crippen molar-refractivity contribution < 1.29 is 26.4 Å². The standard InChI is InChI=1S/C25H25ClN4O6S2/c1-37(33,34)22-6-4-3-5-19(22)16-7-12-23(27-13-16)29-25(32)21-15-30(38(2,35)36)14-20(21)24(31)28-18-10-8-17(26)9-11-18/h3-13,20-21H,14-15H2,1-2H3,(H,28,31)(H,27,29,32)/t20-,21-/m0/s1. The number of anilines is 2. The van der Waals surface area contributed by atoms with Crippen molar-refractivity contribution in [3.63, 3.8) is 0 Å². The fraction of sp³-hybridized carbons (Fsp3) is 0.240. The summed E-state index contributed by atoms with van der Waals surface area (Å²) in [4.78, 5) is 30.6. The first kappa shape index (κ1) is 27.7. The maximum atomic E-state index is 13.2. The molecule has 1 aliphatic rings. The first-order valence-corrected chi connectivity index (χ1v) is 15.5. The first-order valence-electron chi connectivity index (χ1n) is 11.4. The van der Waals surface area contributed by atoms with E-state index in [1.807, 2.05) is 0 Å². The summed E-state index contributed by atoms with van der Waals surface area (Å²) in [6.07, 6.45) is 3.58. The molecule has 0 radical (unpaired) electrons. The molecule has 0 spiro atoms. The second-order valence-electron chi connectivity index (χ2n) is 8.98. The summed E-state index contributed by atoms with van der Waals surface area (Å²) in [6, 6.07) is 16.0. The van der Waals surface area contributed by atoms with Crippen LogP contribution in [0.3, 0.4) is 0 Å². The molecular weight excluding hydrogens is 552 g/mol. The molecule has 200 valence electrons. The highest BCUT2D eigenvalue weighted by molar-refractivity contribution is 7.90. The molecule has 0 unspecified atom stereocenters. The van der Waals surface area contributed by atoms with Crippen LogP contribution < -0.4 is 10.6 Å². The van der Waals surface area contributed by atoms with E-state index in [2.05, 4.69) is 15.6 Å². The number of sulfone groups is 1. The van der Waals surface area contributed by atoms with Gasteiger partial charge in [0.1, 0.15) is 5.82 Å². The lowest BCUT2D eigenvalue weighted by atomic mass is 9.94. The van der Waals surface area contributed by atoms with Crippen molar-refractivity contribution in [3.05, 3.63) is 71.9 Å². The van der Waals surface area contributed by atoms with E-state index in [9.17, 15) is 26.4 Å². The van der Waals surface area contributed by atoms with Crippen LogP contribution in [-0.2, 0) is 29.4 Å². The minimum Gasteiger partial charge on any atom is -0.326 e. The number of carbonyl (C=O) groups is 2. The highest BCUT2D eigenvalue weighted by atomic mass is 35.5. The molecule has 2 atom stereocenters. The fourth-order valence-electron chi connectivity index (χ4n) is 4.21. The number of aromatic nitrogens is 1. The van der Waals surface area contributed by atoms with E-state index in [0.717, 1.165) is 16.8 Å². The molecular formula is C25H25ClN4O6S2. The van der Waals surface area contributed by atoms with Crippen molar-refractivity contribution in [2.24, 2.45) is 11.8 Å². The number of halogens is 1. The second kappa shape index (κ2) is 10.8. The molecule has 2 aromatic carbocycles. The van der Waals surface area contributed by atoms with Crippen molar-refractivity contribution in [1.29, 1.82) is 0 Å². The topological polar surface area (TPSA) is 143 Å². The monoisotopic (exact) mass is 576 g/mol. The Morgan fingerprint density at radius 2 is 1.47 bits per heavy atom. The molecule has 2 heterocycles. The second-order valence-corrected chi connectivity index (χ2v) is 13.4. The lowest BCUT2D eigenvalue weighted by Gasteiger charge is -2.17. The Bertz CT molecular complexity index is 1580. The van der Waals surface area contributed by atoms with Gasteiger partial charge in [0.2, 0.25) is 21.8 Å². The maximum Gasteiger partial charge on any atom is 0.230 e. The molecule has 1 aliphatic heterocycles. The van der Waals surface area contributed by atoms with Crippen LogP contribution in [0.4, 0.5) is 11.5 Å². The molecule has 4 rings (SSSR count). The molecule has 1 saturated heterocycles. The van der Waals surface area contributed by atoms with Crippen LogP contribution in [-0.4, -0.2) is 63.5 Å². The molecule has 1 aromatic heterocycles. The van der Waals surface area contributed by atoms with E-state index in [0.29, 0.717) is 21.8 Å².